The van der Waals surface area contributed by atoms with Crippen LogP contribution in [0, 0.1) is 5.92 Å². The van der Waals surface area contributed by atoms with Crippen LogP contribution in [0.1, 0.15) is 12.8 Å². The highest BCUT2D eigenvalue weighted by molar-refractivity contribution is 5.92. The van der Waals surface area contributed by atoms with Gasteiger partial charge in [-0.2, -0.15) is 0 Å². The zero-order valence-corrected chi connectivity index (χ0v) is 11.1. The minimum Gasteiger partial charge on any atom is -0.326 e. The maximum absolute atomic E-state index is 12.2. The fraction of sp³-hybridized carbons (Fsp3) is 0.357. The summed E-state index contributed by atoms with van der Waals surface area (Å²) in [5.74, 6) is 0.202. The fourth-order valence-electron chi connectivity index (χ4n) is 2.40. The molecule has 1 aliphatic rings. The van der Waals surface area contributed by atoms with Crippen molar-refractivity contribution in [1.82, 2.24) is 20.3 Å². The summed E-state index contributed by atoms with van der Waals surface area (Å²) in [5, 5.41) is 14.0. The van der Waals surface area contributed by atoms with Gasteiger partial charge in [0.1, 0.15) is 0 Å². The van der Waals surface area contributed by atoms with Gasteiger partial charge in [-0.3, -0.25) is 4.79 Å². The molecule has 2 N–H and O–H groups in total. The van der Waals surface area contributed by atoms with Crippen molar-refractivity contribution in [2.75, 3.05) is 18.4 Å². The molecule has 0 saturated carbocycles. The predicted octanol–water partition coefficient (Wildman–Crippen LogP) is 1.21. The van der Waals surface area contributed by atoms with E-state index < -0.39 is 0 Å². The van der Waals surface area contributed by atoms with E-state index in [-0.39, 0.29) is 11.8 Å². The molecular weight excluding hydrogens is 254 g/mol. The quantitative estimate of drug-likeness (QED) is 0.880. The molecule has 1 saturated heterocycles. The molecule has 0 aliphatic carbocycles. The standard InChI is InChI=1S/C14H17N5O/c20-14(11-4-6-15-7-5-11)17-12-2-1-3-13(10-12)19-9-8-16-18-19/h1-3,8-11,15H,4-7H2,(H,17,20). The SMILES string of the molecule is O=C(Nc1cccc(-n2ccnn2)c1)C1CCNCC1. The van der Waals surface area contributed by atoms with Gasteiger partial charge in [0.25, 0.3) is 0 Å². The first-order valence-corrected chi connectivity index (χ1v) is 6.81. The molecule has 6 nitrogen and oxygen atoms in total. The number of aromatic nitrogens is 3. The lowest BCUT2D eigenvalue weighted by molar-refractivity contribution is -0.120. The second kappa shape index (κ2) is 5.83. The van der Waals surface area contributed by atoms with Crippen LogP contribution >= 0.6 is 0 Å². The van der Waals surface area contributed by atoms with Crippen molar-refractivity contribution >= 4 is 11.6 Å². The van der Waals surface area contributed by atoms with E-state index in [0.29, 0.717) is 0 Å². The second-order valence-corrected chi connectivity index (χ2v) is 4.91. The van der Waals surface area contributed by atoms with E-state index in [1.54, 1.807) is 17.1 Å². The molecule has 104 valence electrons. The van der Waals surface area contributed by atoms with E-state index in [1.165, 1.54) is 0 Å². The molecule has 0 spiro atoms. The first-order valence-electron chi connectivity index (χ1n) is 6.81. The highest BCUT2D eigenvalue weighted by Crippen LogP contribution is 2.17. The Morgan fingerprint density at radius 3 is 2.95 bits per heavy atom. The number of amides is 1. The molecule has 0 unspecified atom stereocenters. The number of carbonyl (C=O) groups is 1. The Morgan fingerprint density at radius 2 is 2.20 bits per heavy atom. The topological polar surface area (TPSA) is 71.8 Å². The highest BCUT2D eigenvalue weighted by Gasteiger charge is 2.20. The van der Waals surface area contributed by atoms with Crippen molar-refractivity contribution in [2.45, 2.75) is 12.8 Å². The molecule has 20 heavy (non-hydrogen) atoms. The van der Waals surface area contributed by atoms with E-state index in [4.69, 9.17) is 0 Å². The Balaban J connectivity index is 1.71. The van der Waals surface area contributed by atoms with Gasteiger partial charge >= 0.3 is 0 Å². The van der Waals surface area contributed by atoms with Gasteiger partial charge in [-0.05, 0) is 44.1 Å². The molecule has 1 aromatic heterocycles. The summed E-state index contributed by atoms with van der Waals surface area (Å²) < 4.78 is 1.67. The van der Waals surface area contributed by atoms with Crippen LogP contribution in [-0.2, 0) is 4.79 Å². The van der Waals surface area contributed by atoms with Gasteiger partial charge in [-0.1, -0.05) is 11.3 Å². The number of piperidine rings is 1. The first kappa shape index (κ1) is 12.8. The maximum atomic E-state index is 12.2. The van der Waals surface area contributed by atoms with E-state index in [9.17, 15) is 4.79 Å². The number of carbonyl (C=O) groups excluding carboxylic acids is 1. The molecule has 2 heterocycles. The van der Waals surface area contributed by atoms with Crippen molar-refractivity contribution in [3.8, 4) is 5.69 Å². The Labute approximate surface area is 117 Å². The van der Waals surface area contributed by atoms with Gasteiger partial charge in [0, 0.05) is 11.6 Å². The summed E-state index contributed by atoms with van der Waals surface area (Å²) >= 11 is 0. The molecule has 1 fully saturated rings. The number of hydrogen-bond donors (Lipinski definition) is 2. The van der Waals surface area contributed by atoms with Gasteiger partial charge in [0.2, 0.25) is 5.91 Å². The number of benzene rings is 1. The lowest BCUT2D eigenvalue weighted by Gasteiger charge is -2.21. The van der Waals surface area contributed by atoms with Gasteiger partial charge in [0.05, 0.1) is 18.1 Å². The molecule has 0 radical (unpaired) electrons. The minimum atomic E-state index is 0.0993. The van der Waals surface area contributed by atoms with Crippen LogP contribution in [0.25, 0.3) is 5.69 Å². The smallest absolute Gasteiger partial charge is 0.227 e. The monoisotopic (exact) mass is 271 g/mol. The van der Waals surface area contributed by atoms with E-state index in [0.717, 1.165) is 37.3 Å². The molecule has 1 aromatic carbocycles. The summed E-state index contributed by atoms with van der Waals surface area (Å²) in [6.07, 6.45) is 5.19. The Kier molecular flexibility index (Phi) is 3.73. The summed E-state index contributed by atoms with van der Waals surface area (Å²) in [6.45, 7) is 1.83. The Bertz CT molecular complexity index is 575. The third-order valence-corrected chi connectivity index (χ3v) is 3.51. The summed E-state index contributed by atoms with van der Waals surface area (Å²) in [5.41, 5.74) is 1.67. The van der Waals surface area contributed by atoms with Crippen LogP contribution in [0.3, 0.4) is 0 Å². The molecule has 1 aliphatic heterocycles. The molecule has 0 bridgehead atoms. The van der Waals surface area contributed by atoms with Crippen molar-refractivity contribution in [3.05, 3.63) is 36.7 Å². The molecule has 3 rings (SSSR count). The summed E-state index contributed by atoms with van der Waals surface area (Å²) in [6, 6.07) is 7.61. The van der Waals surface area contributed by atoms with Crippen molar-refractivity contribution in [2.24, 2.45) is 5.92 Å². The summed E-state index contributed by atoms with van der Waals surface area (Å²) in [4.78, 5) is 12.2. The van der Waals surface area contributed by atoms with Crippen LogP contribution in [0.4, 0.5) is 5.69 Å². The van der Waals surface area contributed by atoms with E-state index in [1.807, 2.05) is 24.3 Å². The van der Waals surface area contributed by atoms with Crippen LogP contribution in [-0.4, -0.2) is 34.0 Å². The van der Waals surface area contributed by atoms with Gasteiger partial charge in [-0.25, -0.2) is 4.68 Å². The number of rotatable bonds is 3. The van der Waals surface area contributed by atoms with Crippen molar-refractivity contribution in [3.63, 3.8) is 0 Å². The third kappa shape index (κ3) is 2.85. The molecule has 2 aromatic rings. The van der Waals surface area contributed by atoms with Crippen molar-refractivity contribution < 1.29 is 4.79 Å². The average molecular weight is 271 g/mol. The predicted molar refractivity (Wildman–Crippen MR) is 75.6 cm³/mol. The van der Waals surface area contributed by atoms with Gasteiger partial charge < -0.3 is 10.6 Å². The normalized spacial score (nSPS) is 16.0. The highest BCUT2D eigenvalue weighted by atomic mass is 16.1. The van der Waals surface area contributed by atoms with Crippen LogP contribution in [0.5, 0.6) is 0 Å². The first-order chi connectivity index (χ1) is 9.83. The Hall–Kier alpha value is -2.21. The third-order valence-electron chi connectivity index (χ3n) is 3.51. The van der Waals surface area contributed by atoms with E-state index >= 15 is 0 Å². The lowest BCUT2D eigenvalue weighted by atomic mass is 9.97. The largest absolute Gasteiger partial charge is 0.326 e. The Morgan fingerprint density at radius 1 is 1.35 bits per heavy atom. The minimum absolute atomic E-state index is 0.0993. The van der Waals surface area contributed by atoms with Crippen LogP contribution in [0.15, 0.2) is 36.7 Å². The van der Waals surface area contributed by atoms with Gasteiger partial charge in [0.15, 0.2) is 0 Å². The van der Waals surface area contributed by atoms with Crippen LogP contribution in [0.2, 0.25) is 0 Å². The number of hydrogen-bond acceptors (Lipinski definition) is 4. The summed E-state index contributed by atoms with van der Waals surface area (Å²) in [7, 11) is 0. The maximum Gasteiger partial charge on any atom is 0.227 e. The fourth-order valence-corrected chi connectivity index (χ4v) is 2.40. The molecule has 0 atom stereocenters. The molecule has 6 heteroatoms. The number of anilines is 1. The van der Waals surface area contributed by atoms with Crippen molar-refractivity contribution in [1.29, 1.82) is 0 Å². The molecular formula is C14H17N5O. The lowest BCUT2D eigenvalue weighted by Crippen LogP contribution is -2.34. The second-order valence-electron chi connectivity index (χ2n) is 4.91. The number of nitrogens with one attached hydrogen (secondary N) is 2. The van der Waals surface area contributed by atoms with Gasteiger partial charge in [-0.15, -0.1) is 5.10 Å². The zero-order valence-electron chi connectivity index (χ0n) is 11.1. The van der Waals surface area contributed by atoms with Crippen LogP contribution < -0.4 is 10.6 Å². The zero-order chi connectivity index (χ0) is 13.8. The molecule has 1 amide bonds. The average Bonchev–Trinajstić information content (AvgIpc) is 3.03. The number of nitrogens with zero attached hydrogens (tertiary/aromatic N) is 3. The van der Waals surface area contributed by atoms with E-state index in [2.05, 4.69) is 20.9 Å².